The van der Waals surface area contributed by atoms with Crippen LogP contribution in [-0.4, -0.2) is 69.7 Å². The molecule has 0 spiro atoms. The Morgan fingerprint density at radius 3 is 2.17 bits per heavy atom. The summed E-state index contributed by atoms with van der Waals surface area (Å²) < 4.78 is 42.4. The molecule has 5 atom stereocenters. The van der Waals surface area contributed by atoms with E-state index in [0.717, 1.165) is 0 Å². The lowest BCUT2D eigenvalue weighted by Gasteiger charge is -2.40. The number of fused-ring (bicyclic) bond motifs is 2. The maximum atomic E-state index is 12.1. The molecule has 2 saturated carbocycles. The van der Waals surface area contributed by atoms with Gasteiger partial charge in [0.1, 0.15) is 25.4 Å². The maximum absolute atomic E-state index is 12.1. The third-order valence-electron chi connectivity index (χ3n) is 6.32. The molecular weight excluding hydrogens is 408 g/mol. The molecular formula is C18H29O10S-. The van der Waals surface area contributed by atoms with Crippen LogP contribution in [0.25, 0.3) is 0 Å². The minimum absolute atomic E-state index is 0.155. The Bertz CT molecular complexity index is 638. The van der Waals surface area contributed by atoms with Crippen LogP contribution in [0.5, 0.6) is 0 Å². The van der Waals surface area contributed by atoms with E-state index in [9.17, 15) is 28.6 Å². The molecule has 0 heterocycles. The summed E-state index contributed by atoms with van der Waals surface area (Å²) in [5.41, 5.74) is -2.48. The number of hydrogen-bond acceptors (Lipinski definition) is 10. The molecule has 2 fully saturated rings. The van der Waals surface area contributed by atoms with Crippen molar-refractivity contribution in [2.24, 2.45) is 16.2 Å². The van der Waals surface area contributed by atoms with Crippen LogP contribution in [0, 0.1) is 16.2 Å². The van der Waals surface area contributed by atoms with Gasteiger partial charge in [-0.3, -0.25) is 8.98 Å². The summed E-state index contributed by atoms with van der Waals surface area (Å²) in [6.45, 7) is 4.21. The number of esters is 1. The molecule has 0 saturated heterocycles. The van der Waals surface area contributed by atoms with E-state index in [4.69, 9.17) is 18.4 Å². The molecule has 0 amide bonds. The standard InChI is InChI=1S/C18H30O10S/c1-4-16(2,3)14(21)25-7-8-26-15(22)27-12-13(28-29(23)24)18(11-20)6-5-17(12,9-18)10-19/h12-13,19-20H,4-11H2,1-3H3,(H,23,24)/p-1. The van der Waals surface area contributed by atoms with Crippen LogP contribution in [0.1, 0.15) is 46.5 Å². The number of carbonyl (C=O) groups is 2. The van der Waals surface area contributed by atoms with E-state index in [0.29, 0.717) is 19.3 Å². The molecule has 2 rings (SSSR count). The zero-order valence-corrected chi connectivity index (χ0v) is 17.7. The Morgan fingerprint density at radius 2 is 1.66 bits per heavy atom. The number of aliphatic hydroxyl groups excluding tert-OH is 2. The second-order valence-electron chi connectivity index (χ2n) is 8.45. The lowest BCUT2D eigenvalue weighted by Crippen LogP contribution is -2.50. The smallest absolute Gasteiger partial charge is 0.508 e. The highest BCUT2D eigenvalue weighted by atomic mass is 32.2. The normalized spacial score (nSPS) is 32.1. The molecule has 10 nitrogen and oxygen atoms in total. The fourth-order valence-corrected chi connectivity index (χ4v) is 4.59. The van der Waals surface area contributed by atoms with Gasteiger partial charge in [0.2, 0.25) is 0 Å². The van der Waals surface area contributed by atoms with E-state index in [-0.39, 0.29) is 32.8 Å². The Labute approximate surface area is 172 Å². The fourth-order valence-electron chi connectivity index (χ4n) is 4.11. The summed E-state index contributed by atoms with van der Waals surface area (Å²) in [6, 6.07) is 0. The Hall–Kier alpha value is -1.27. The molecule has 11 heteroatoms. The van der Waals surface area contributed by atoms with Crippen molar-refractivity contribution in [3.63, 3.8) is 0 Å². The van der Waals surface area contributed by atoms with Gasteiger partial charge in [0.25, 0.3) is 0 Å². The quantitative estimate of drug-likeness (QED) is 0.285. The Balaban J connectivity index is 1.95. The minimum atomic E-state index is -2.89. The second-order valence-corrected chi connectivity index (χ2v) is 9.05. The molecule has 2 aliphatic rings. The van der Waals surface area contributed by atoms with E-state index in [2.05, 4.69) is 0 Å². The van der Waals surface area contributed by atoms with Crippen LogP contribution in [0.15, 0.2) is 0 Å². The van der Waals surface area contributed by atoms with Gasteiger partial charge in [-0.05, 0) is 39.5 Å². The van der Waals surface area contributed by atoms with Gasteiger partial charge in [-0.15, -0.1) is 0 Å². The number of rotatable bonds is 10. The first-order valence-electron chi connectivity index (χ1n) is 9.54. The zero-order valence-electron chi connectivity index (χ0n) is 16.9. The molecule has 0 radical (unpaired) electrons. The van der Waals surface area contributed by atoms with Gasteiger partial charge in [-0.25, -0.2) is 9.00 Å². The van der Waals surface area contributed by atoms with Crippen LogP contribution in [0.3, 0.4) is 0 Å². The average molecular weight is 437 g/mol. The van der Waals surface area contributed by atoms with Gasteiger partial charge in [-0.2, -0.15) is 0 Å². The van der Waals surface area contributed by atoms with Crippen molar-refractivity contribution in [1.29, 1.82) is 0 Å². The molecule has 2 bridgehead atoms. The Kier molecular flexibility index (Phi) is 7.66. The summed E-state index contributed by atoms with van der Waals surface area (Å²) in [4.78, 5) is 24.0. The number of aliphatic hydroxyl groups is 2. The summed E-state index contributed by atoms with van der Waals surface area (Å²) in [5.74, 6) is -0.416. The molecule has 0 aromatic carbocycles. The number of ether oxygens (including phenoxy) is 3. The van der Waals surface area contributed by atoms with Crippen molar-refractivity contribution in [3.05, 3.63) is 0 Å². The minimum Gasteiger partial charge on any atom is -0.750 e. The van der Waals surface area contributed by atoms with Gasteiger partial charge >= 0.3 is 12.1 Å². The summed E-state index contributed by atoms with van der Waals surface area (Å²) in [7, 11) is 0. The van der Waals surface area contributed by atoms with Gasteiger partial charge in [0.05, 0.1) is 30.0 Å². The molecule has 2 N–H and O–H groups in total. The highest BCUT2D eigenvalue weighted by Crippen LogP contribution is 2.63. The fraction of sp³-hybridized carbons (Fsp3) is 0.889. The van der Waals surface area contributed by atoms with Gasteiger partial charge in [0.15, 0.2) is 0 Å². The summed E-state index contributed by atoms with van der Waals surface area (Å²) in [5, 5.41) is 19.7. The SMILES string of the molecule is CCC(C)(C)C(=O)OCCOC(=O)OC1C(OS(=O)[O-])C2(CO)CCC1(CO)C2. The van der Waals surface area contributed by atoms with E-state index in [1.54, 1.807) is 13.8 Å². The molecule has 168 valence electrons. The summed E-state index contributed by atoms with van der Waals surface area (Å²) >= 11 is -2.89. The lowest BCUT2D eigenvalue weighted by atomic mass is 9.78. The van der Waals surface area contributed by atoms with Crippen molar-refractivity contribution in [1.82, 2.24) is 0 Å². The predicted molar refractivity (Wildman–Crippen MR) is 97.9 cm³/mol. The van der Waals surface area contributed by atoms with Crippen molar-refractivity contribution in [2.75, 3.05) is 26.4 Å². The van der Waals surface area contributed by atoms with Crippen molar-refractivity contribution in [3.8, 4) is 0 Å². The molecule has 0 aliphatic heterocycles. The highest BCUT2D eigenvalue weighted by molar-refractivity contribution is 7.74. The van der Waals surface area contributed by atoms with Crippen molar-refractivity contribution < 1.29 is 47.0 Å². The first-order chi connectivity index (χ1) is 13.6. The number of carbonyl (C=O) groups excluding carboxylic acids is 2. The van der Waals surface area contributed by atoms with Crippen LogP contribution >= 0.6 is 0 Å². The van der Waals surface area contributed by atoms with Gasteiger partial charge < -0.3 is 29.0 Å². The Morgan fingerprint density at radius 1 is 1.10 bits per heavy atom. The van der Waals surface area contributed by atoms with Crippen molar-refractivity contribution >= 4 is 23.5 Å². The van der Waals surface area contributed by atoms with E-state index < -0.39 is 51.9 Å². The van der Waals surface area contributed by atoms with Crippen LogP contribution in [0.4, 0.5) is 4.79 Å². The van der Waals surface area contributed by atoms with Gasteiger partial charge in [-0.1, -0.05) is 6.92 Å². The average Bonchev–Trinajstić information content (AvgIpc) is 3.18. The third-order valence-corrected chi connectivity index (χ3v) is 6.68. The number of hydrogen-bond donors (Lipinski definition) is 2. The highest BCUT2D eigenvalue weighted by Gasteiger charge is 2.68. The van der Waals surface area contributed by atoms with Crippen LogP contribution in [0.2, 0.25) is 0 Å². The first-order valence-corrected chi connectivity index (χ1v) is 10.5. The van der Waals surface area contributed by atoms with Crippen molar-refractivity contribution in [2.45, 2.75) is 58.7 Å². The van der Waals surface area contributed by atoms with E-state index in [1.807, 2.05) is 6.92 Å². The van der Waals surface area contributed by atoms with E-state index in [1.165, 1.54) is 0 Å². The van der Waals surface area contributed by atoms with Crippen LogP contribution < -0.4 is 0 Å². The maximum Gasteiger partial charge on any atom is 0.508 e. The topological polar surface area (TPSA) is 152 Å². The first kappa shape index (κ1) is 24.0. The molecule has 2 aliphatic carbocycles. The lowest BCUT2D eigenvalue weighted by molar-refractivity contribution is -0.155. The summed E-state index contributed by atoms with van der Waals surface area (Å²) in [6.07, 6.45) is -1.59. The zero-order chi connectivity index (χ0) is 21.9. The van der Waals surface area contributed by atoms with Crippen LogP contribution in [-0.2, 0) is 34.5 Å². The second kappa shape index (κ2) is 9.25. The van der Waals surface area contributed by atoms with E-state index >= 15 is 0 Å². The largest absolute Gasteiger partial charge is 0.750 e. The molecule has 0 aromatic heterocycles. The van der Waals surface area contributed by atoms with Gasteiger partial charge in [0, 0.05) is 10.8 Å². The third kappa shape index (κ3) is 4.91. The molecule has 0 aromatic rings. The molecule has 5 unspecified atom stereocenters. The molecule has 29 heavy (non-hydrogen) atoms. The predicted octanol–water partition coefficient (Wildman–Crippen LogP) is 0.822. The monoisotopic (exact) mass is 437 g/mol.